The van der Waals surface area contributed by atoms with Crippen LogP contribution in [0.2, 0.25) is 0 Å². The van der Waals surface area contributed by atoms with Gasteiger partial charge in [-0.25, -0.2) is 0 Å². The van der Waals surface area contributed by atoms with Crippen molar-refractivity contribution in [2.45, 2.75) is 13.8 Å². The summed E-state index contributed by atoms with van der Waals surface area (Å²) in [6.45, 7) is 4.29. The minimum atomic E-state index is 1.35. The number of hydrogen-bond acceptors (Lipinski definition) is 1. The second-order valence-electron chi connectivity index (χ2n) is 2.90. The molecule has 0 unspecified atom stereocenters. The summed E-state index contributed by atoms with van der Waals surface area (Å²) in [5.74, 6) is 0. The van der Waals surface area contributed by atoms with Gasteiger partial charge in [-0.2, -0.15) is 0 Å². The quantitative estimate of drug-likeness (QED) is 0.556. The van der Waals surface area contributed by atoms with Gasteiger partial charge in [0.05, 0.1) is 0 Å². The van der Waals surface area contributed by atoms with Gasteiger partial charge in [0.1, 0.15) is 0 Å². The van der Waals surface area contributed by atoms with Crippen molar-refractivity contribution in [2.24, 2.45) is 0 Å². The van der Waals surface area contributed by atoms with Crippen LogP contribution < -0.4 is 0 Å². The summed E-state index contributed by atoms with van der Waals surface area (Å²) in [6.07, 6.45) is 0. The Morgan fingerprint density at radius 1 is 1.09 bits per heavy atom. The fraction of sp³-hybridized carbons (Fsp3) is 0.200. The Morgan fingerprint density at radius 2 is 1.91 bits per heavy atom. The maximum atomic E-state index is 2.24. The first-order chi connectivity index (χ1) is 5.25. The highest BCUT2D eigenvalue weighted by molar-refractivity contribution is 7.19. The third-order valence-electron chi connectivity index (χ3n) is 1.80. The molecular weight excluding hydrogens is 152 g/mol. The third-order valence-corrected chi connectivity index (χ3v) is 2.81. The van der Waals surface area contributed by atoms with E-state index < -0.39 is 0 Å². The number of thiophene rings is 1. The van der Waals surface area contributed by atoms with Crippen molar-refractivity contribution in [3.05, 3.63) is 34.7 Å². The molecule has 0 nitrogen and oxygen atoms in total. The van der Waals surface area contributed by atoms with Crippen molar-refractivity contribution >= 4 is 21.4 Å². The Morgan fingerprint density at radius 3 is 2.73 bits per heavy atom. The number of benzene rings is 1. The molecule has 0 saturated carbocycles. The van der Waals surface area contributed by atoms with Crippen LogP contribution in [0.4, 0.5) is 0 Å². The zero-order valence-electron chi connectivity index (χ0n) is 6.72. The second kappa shape index (κ2) is 2.35. The molecule has 0 aliphatic heterocycles. The fourth-order valence-corrected chi connectivity index (χ4v) is 2.29. The number of fused-ring (bicyclic) bond motifs is 1. The van der Waals surface area contributed by atoms with Gasteiger partial charge in [0, 0.05) is 9.58 Å². The highest BCUT2D eigenvalue weighted by Gasteiger charge is 1.96. The van der Waals surface area contributed by atoms with Crippen LogP contribution in [-0.4, -0.2) is 0 Å². The van der Waals surface area contributed by atoms with Crippen LogP contribution in [0.25, 0.3) is 10.1 Å². The number of aryl methyl sites for hydroxylation is 2. The van der Waals surface area contributed by atoms with E-state index in [1.165, 1.54) is 20.5 Å². The van der Waals surface area contributed by atoms with Gasteiger partial charge >= 0.3 is 0 Å². The normalized spacial score (nSPS) is 10.7. The largest absolute Gasteiger partial charge is 0.141 e. The van der Waals surface area contributed by atoms with Gasteiger partial charge in [-0.05, 0) is 36.9 Å². The molecule has 0 saturated heterocycles. The zero-order chi connectivity index (χ0) is 7.84. The minimum Gasteiger partial charge on any atom is -0.141 e. The lowest BCUT2D eigenvalue weighted by Gasteiger charge is -1.89. The summed E-state index contributed by atoms with van der Waals surface area (Å²) < 4.78 is 1.41. The van der Waals surface area contributed by atoms with Crippen molar-refractivity contribution < 1.29 is 0 Å². The van der Waals surface area contributed by atoms with E-state index in [9.17, 15) is 0 Å². The molecular formula is C10H10S. The molecule has 0 atom stereocenters. The molecule has 1 aromatic heterocycles. The van der Waals surface area contributed by atoms with Crippen LogP contribution >= 0.6 is 11.3 Å². The molecule has 0 N–H and O–H groups in total. The minimum absolute atomic E-state index is 1.35. The fourth-order valence-electron chi connectivity index (χ4n) is 1.27. The summed E-state index contributed by atoms with van der Waals surface area (Å²) in [4.78, 5) is 1.39. The molecule has 0 spiro atoms. The molecule has 0 aliphatic carbocycles. The lowest BCUT2D eigenvalue weighted by molar-refractivity contribution is 1.52. The molecule has 11 heavy (non-hydrogen) atoms. The molecule has 1 heteroatoms. The van der Waals surface area contributed by atoms with Gasteiger partial charge in [-0.1, -0.05) is 12.1 Å². The predicted molar refractivity (Wildman–Crippen MR) is 51.3 cm³/mol. The number of rotatable bonds is 0. The SMILES string of the molecule is Cc1ccc2cc(C)sc2c1. The molecule has 0 bridgehead atoms. The Hall–Kier alpha value is -0.820. The Labute approximate surface area is 70.5 Å². The van der Waals surface area contributed by atoms with Crippen LogP contribution in [0.15, 0.2) is 24.3 Å². The van der Waals surface area contributed by atoms with Gasteiger partial charge in [-0.3, -0.25) is 0 Å². The molecule has 56 valence electrons. The first-order valence-electron chi connectivity index (χ1n) is 3.72. The lowest BCUT2D eigenvalue weighted by Crippen LogP contribution is -1.66. The van der Waals surface area contributed by atoms with Gasteiger partial charge in [0.15, 0.2) is 0 Å². The van der Waals surface area contributed by atoms with Crippen LogP contribution in [0.3, 0.4) is 0 Å². The standard InChI is InChI=1S/C10H10S/c1-7-3-4-9-6-8(2)11-10(9)5-7/h3-6H,1-2H3. The topological polar surface area (TPSA) is 0 Å². The van der Waals surface area contributed by atoms with Crippen LogP contribution in [-0.2, 0) is 0 Å². The van der Waals surface area contributed by atoms with E-state index in [2.05, 4.69) is 38.1 Å². The molecule has 2 aromatic rings. The van der Waals surface area contributed by atoms with E-state index in [0.717, 1.165) is 0 Å². The molecule has 1 aromatic carbocycles. The molecule has 0 radical (unpaired) electrons. The smallest absolute Gasteiger partial charge is 0.0348 e. The third kappa shape index (κ3) is 1.16. The van der Waals surface area contributed by atoms with Crippen molar-refractivity contribution in [3.63, 3.8) is 0 Å². The molecule has 1 heterocycles. The summed E-state index contributed by atoms with van der Waals surface area (Å²) in [5, 5.41) is 1.37. The number of hydrogen-bond donors (Lipinski definition) is 0. The Kier molecular flexibility index (Phi) is 1.46. The Bertz CT molecular complexity index is 385. The highest BCUT2D eigenvalue weighted by Crippen LogP contribution is 2.25. The van der Waals surface area contributed by atoms with E-state index in [4.69, 9.17) is 0 Å². The molecule has 0 fully saturated rings. The van der Waals surface area contributed by atoms with E-state index in [0.29, 0.717) is 0 Å². The van der Waals surface area contributed by atoms with Crippen molar-refractivity contribution in [1.29, 1.82) is 0 Å². The molecule has 0 aliphatic rings. The first-order valence-corrected chi connectivity index (χ1v) is 4.54. The van der Waals surface area contributed by atoms with Crippen molar-refractivity contribution in [1.82, 2.24) is 0 Å². The average molecular weight is 162 g/mol. The van der Waals surface area contributed by atoms with Crippen LogP contribution in [0.1, 0.15) is 10.4 Å². The lowest BCUT2D eigenvalue weighted by atomic mass is 10.2. The predicted octanol–water partition coefficient (Wildman–Crippen LogP) is 3.52. The average Bonchev–Trinajstić information content (AvgIpc) is 2.27. The van der Waals surface area contributed by atoms with Crippen LogP contribution in [0.5, 0.6) is 0 Å². The van der Waals surface area contributed by atoms with Crippen molar-refractivity contribution in [3.8, 4) is 0 Å². The summed E-state index contributed by atoms with van der Waals surface area (Å²) in [7, 11) is 0. The molecule has 2 rings (SSSR count). The van der Waals surface area contributed by atoms with Gasteiger partial charge in [0.25, 0.3) is 0 Å². The maximum Gasteiger partial charge on any atom is 0.0348 e. The summed E-state index contributed by atoms with van der Waals surface area (Å²) in [5.41, 5.74) is 1.35. The Balaban J connectivity index is 2.82. The van der Waals surface area contributed by atoms with E-state index >= 15 is 0 Å². The van der Waals surface area contributed by atoms with Crippen LogP contribution in [0, 0.1) is 13.8 Å². The summed E-state index contributed by atoms with van der Waals surface area (Å²) >= 11 is 1.87. The maximum absolute atomic E-state index is 2.24. The summed E-state index contributed by atoms with van der Waals surface area (Å²) in [6, 6.07) is 8.83. The first kappa shape index (κ1) is 6.86. The monoisotopic (exact) mass is 162 g/mol. The highest BCUT2D eigenvalue weighted by atomic mass is 32.1. The van der Waals surface area contributed by atoms with Gasteiger partial charge in [0.2, 0.25) is 0 Å². The zero-order valence-corrected chi connectivity index (χ0v) is 7.53. The molecule has 0 amide bonds. The van der Waals surface area contributed by atoms with Gasteiger partial charge < -0.3 is 0 Å². The van der Waals surface area contributed by atoms with E-state index in [1.54, 1.807) is 0 Å². The van der Waals surface area contributed by atoms with E-state index in [-0.39, 0.29) is 0 Å². The van der Waals surface area contributed by atoms with Gasteiger partial charge in [-0.15, -0.1) is 11.3 Å². The van der Waals surface area contributed by atoms with Crippen molar-refractivity contribution in [2.75, 3.05) is 0 Å². The van der Waals surface area contributed by atoms with E-state index in [1.807, 2.05) is 11.3 Å². The second-order valence-corrected chi connectivity index (χ2v) is 4.19.